The lowest BCUT2D eigenvalue weighted by molar-refractivity contribution is -0.137. The van der Waals surface area contributed by atoms with Crippen molar-refractivity contribution in [2.24, 2.45) is 0 Å². The fourth-order valence-corrected chi connectivity index (χ4v) is 1.78. The van der Waals surface area contributed by atoms with Gasteiger partial charge in [-0.25, -0.2) is 4.39 Å². The molecule has 2 aromatic rings. The van der Waals surface area contributed by atoms with Gasteiger partial charge in [0.2, 0.25) is 0 Å². The zero-order valence-electron chi connectivity index (χ0n) is 11.9. The lowest BCUT2D eigenvalue weighted by Crippen LogP contribution is -2.29. The molecule has 2 rings (SSSR count). The maximum absolute atomic E-state index is 13.5. The van der Waals surface area contributed by atoms with Crippen LogP contribution in [0.3, 0.4) is 0 Å². The van der Waals surface area contributed by atoms with Gasteiger partial charge in [-0.3, -0.25) is 15.6 Å². The Morgan fingerprint density at radius 1 is 1.13 bits per heavy atom. The number of nitrogens with one attached hydrogen (secondary N) is 2. The predicted octanol–water partition coefficient (Wildman–Crippen LogP) is 3.61. The molecule has 0 atom stereocenters. The largest absolute Gasteiger partial charge is 0.494 e. The van der Waals surface area contributed by atoms with E-state index in [1.54, 1.807) is 0 Å². The Bertz CT molecular complexity index is 717. The fourth-order valence-electron chi connectivity index (χ4n) is 1.78. The summed E-state index contributed by atoms with van der Waals surface area (Å²) in [7, 11) is 1.29. The number of alkyl halides is 3. The van der Waals surface area contributed by atoms with Crippen LogP contribution in [0.15, 0.2) is 42.5 Å². The second-order valence-corrected chi connectivity index (χ2v) is 4.51. The zero-order valence-corrected chi connectivity index (χ0v) is 11.9. The Balaban J connectivity index is 2.06. The highest BCUT2D eigenvalue weighted by molar-refractivity contribution is 5.95. The van der Waals surface area contributed by atoms with E-state index in [4.69, 9.17) is 4.74 Å². The van der Waals surface area contributed by atoms with Crippen molar-refractivity contribution in [2.45, 2.75) is 6.18 Å². The number of benzene rings is 2. The standard InChI is InChI=1S/C15H12F4N2O2/c1-23-13-6-5-9(7-12(13)16)14(22)21-20-11-4-2-3-10(8-11)15(17,18)19/h2-8,20H,1H3,(H,21,22). The summed E-state index contributed by atoms with van der Waals surface area (Å²) in [5.74, 6) is -1.45. The van der Waals surface area contributed by atoms with E-state index in [-0.39, 0.29) is 17.0 Å². The summed E-state index contributed by atoms with van der Waals surface area (Å²) in [5, 5.41) is 0. The van der Waals surface area contributed by atoms with Gasteiger partial charge in [0.15, 0.2) is 11.6 Å². The van der Waals surface area contributed by atoms with E-state index >= 15 is 0 Å². The van der Waals surface area contributed by atoms with Gasteiger partial charge in [-0.1, -0.05) is 6.07 Å². The maximum atomic E-state index is 13.5. The first-order valence-electron chi connectivity index (χ1n) is 6.38. The summed E-state index contributed by atoms with van der Waals surface area (Å²) in [6.45, 7) is 0. The molecule has 0 unspecified atom stereocenters. The van der Waals surface area contributed by atoms with E-state index in [0.29, 0.717) is 0 Å². The topological polar surface area (TPSA) is 50.4 Å². The molecule has 0 aliphatic heterocycles. The van der Waals surface area contributed by atoms with Gasteiger partial charge in [-0.05, 0) is 36.4 Å². The van der Waals surface area contributed by atoms with E-state index in [1.165, 1.54) is 31.4 Å². The van der Waals surface area contributed by atoms with E-state index in [2.05, 4.69) is 10.9 Å². The third kappa shape index (κ3) is 4.12. The van der Waals surface area contributed by atoms with Crippen LogP contribution in [0.1, 0.15) is 15.9 Å². The number of rotatable bonds is 4. The first-order valence-corrected chi connectivity index (χ1v) is 6.38. The van der Waals surface area contributed by atoms with Crippen molar-refractivity contribution in [1.82, 2.24) is 5.43 Å². The predicted molar refractivity (Wildman–Crippen MR) is 75.5 cm³/mol. The number of carbonyl (C=O) groups is 1. The highest BCUT2D eigenvalue weighted by Crippen LogP contribution is 2.30. The van der Waals surface area contributed by atoms with Gasteiger partial charge in [0.25, 0.3) is 5.91 Å². The summed E-state index contributed by atoms with van der Waals surface area (Å²) in [6.07, 6.45) is -4.49. The molecule has 0 saturated carbocycles. The third-order valence-corrected chi connectivity index (χ3v) is 2.92. The molecule has 0 spiro atoms. The molecule has 0 aliphatic carbocycles. The lowest BCUT2D eigenvalue weighted by atomic mass is 10.2. The molecular formula is C15H12F4N2O2. The van der Waals surface area contributed by atoms with E-state index in [9.17, 15) is 22.4 Å². The van der Waals surface area contributed by atoms with Crippen molar-refractivity contribution >= 4 is 11.6 Å². The van der Waals surface area contributed by atoms with Gasteiger partial charge >= 0.3 is 6.18 Å². The fraction of sp³-hybridized carbons (Fsp3) is 0.133. The summed E-state index contributed by atoms with van der Waals surface area (Å²) in [6, 6.07) is 7.86. The number of hydrazine groups is 1. The summed E-state index contributed by atoms with van der Waals surface area (Å²) >= 11 is 0. The molecule has 8 heteroatoms. The quantitative estimate of drug-likeness (QED) is 0.666. The van der Waals surface area contributed by atoms with Crippen LogP contribution < -0.4 is 15.6 Å². The second kappa shape index (κ2) is 6.55. The minimum absolute atomic E-state index is 0.0113. The minimum atomic E-state index is -4.49. The van der Waals surface area contributed by atoms with Crippen LogP contribution >= 0.6 is 0 Å². The van der Waals surface area contributed by atoms with Gasteiger partial charge < -0.3 is 4.74 Å². The number of hydrogen-bond acceptors (Lipinski definition) is 3. The average molecular weight is 328 g/mol. The van der Waals surface area contributed by atoms with Crippen molar-refractivity contribution in [3.63, 3.8) is 0 Å². The van der Waals surface area contributed by atoms with Gasteiger partial charge in [0.05, 0.1) is 18.4 Å². The smallest absolute Gasteiger partial charge is 0.416 e. The molecule has 0 aliphatic rings. The van der Waals surface area contributed by atoms with Gasteiger partial charge in [0, 0.05) is 5.56 Å². The number of ether oxygens (including phenoxy) is 1. The van der Waals surface area contributed by atoms with E-state index in [0.717, 1.165) is 18.2 Å². The van der Waals surface area contributed by atoms with Crippen LogP contribution in [0.4, 0.5) is 23.2 Å². The van der Waals surface area contributed by atoms with Crippen molar-refractivity contribution < 1.29 is 27.1 Å². The normalized spacial score (nSPS) is 11.0. The molecular weight excluding hydrogens is 316 g/mol. The number of carbonyl (C=O) groups excluding carboxylic acids is 1. The number of methoxy groups -OCH3 is 1. The lowest BCUT2D eigenvalue weighted by Gasteiger charge is -2.12. The first-order chi connectivity index (χ1) is 10.8. The Morgan fingerprint density at radius 2 is 1.87 bits per heavy atom. The number of anilines is 1. The summed E-state index contributed by atoms with van der Waals surface area (Å²) in [5.41, 5.74) is 3.72. The average Bonchev–Trinajstić information content (AvgIpc) is 2.52. The first kappa shape index (κ1) is 16.6. The van der Waals surface area contributed by atoms with Gasteiger partial charge in [-0.15, -0.1) is 0 Å². The molecule has 122 valence electrons. The Hall–Kier alpha value is -2.77. The Kier molecular flexibility index (Phi) is 4.73. The number of amides is 1. The maximum Gasteiger partial charge on any atom is 0.416 e. The molecule has 23 heavy (non-hydrogen) atoms. The summed E-state index contributed by atoms with van der Waals surface area (Å²) in [4.78, 5) is 11.8. The molecule has 0 fully saturated rings. The zero-order chi connectivity index (χ0) is 17.0. The van der Waals surface area contributed by atoms with Crippen molar-refractivity contribution in [3.05, 3.63) is 59.4 Å². The van der Waals surface area contributed by atoms with E-state index in [1.807, 2.05) is 0 Å². The monoisotopic (exact) mass is 328 g/mol. The molecule has 1 amide bonds. The SMILES string of the molecule is COc1ccc(C(=O)NNc2cccc(C(F)(F)F)c2)cc1F. The van der Waals surface area contributed by atoms with Crippen LogP contribution in [0.2, 0.25) is 0 Å². The highest BCUT2D eigenvalue weighted by atomic mass is 19.4. The number of hydrogen-bond donors (Lipinski definition) is 2. The highest BCUT2D eigenvalue weighted by Gasteiger charge is 2.30. The molecule has 0 heterocycles. The third-order valence-electron chi connectivity index (χ3n) is 2.92. The van der Waals surface area contributed by atoms with Gasteiger partial charge in [0.1, 0.15) is 0 Å². The van der Waals surface area contributed by atoms with Crippen LogP contribution in [0, 0.1) is 5.82 Å². The molecule has 0 radical (unpaired) electrons. The molecule has 2 aromatic carbocycles. The van der Waals surface area contributed by atoms with Gasteiger partial charge in [-0.2, -0.15) is 13.2 Å². The Labute approximate surface area is 129 Å². The molecule has 0 aromatic heterocycles. The van der Waals surface area contributed by atoms with Crippen LogP contribution in [-0.4, -0.2) is 13.0 Å². The van der Waals surface area contributed by atoms with Crippen LogP contribution in [-0.2, 0) is 6.18 Å². The van der Waals surface area contributed by atoms with Crippen LogP contribution in [0.5, 0.6) is 5.75 Å². The number of halogens is 4. The molecule has 2 N–H and O–H groups in total. The van der Waals surface area contributed by atoms with Crippen molar-refractivity contribution in [3.8, 4) is 5.75 Å². The van der Waals surface area contributed by atoms with Crippen molar-refractivity contribution in [1.29, 1.82) is 0 Å². The molecule has 0 bridgehead atoms. The minimum Gasteiger partial charge on any atom is -0.494 e. The molecule has 0 saturated heterocycles. The van der Waals surface area contributed by atoms with Crippen LogP contribution in [0.25, 0.3) is 0 Å². The Morgan fingerprint density at radius 3 is 2.48 bits per heavy atom. The summed E-state index contributed by atoms with van der Waals surface area (Å²) < 4.78 is 56.0. The van der Waals surface area contributed by atoms with Crippen molar-refractivity contribution in [2.75, 3.05) is 12.5 Å². The van der Waals surface area contributed by atoms with E-state index < -0.39 is 23.5 Å². The second-order valence-electron chi connectivity index (χ2n) is 4.51. The molecule has 4 nitrogen and oxygen atoms in total.